The van der Waals surface area contributed by atoms with Crippen molar-refractivity contribution < 1.29 is 4.39 Å². The van der Waals surface area contributed by atoms with Gasteiger partial charge in [0.1, 0.15) is 5.82 Å². The smallest absolute Gasteiger partial charge is 0.156 e. The predicted octanol–water partition coefficient (Wildman–Crippen LogP) is 3.47. The molecule has 3 aromatic rings. The Morgan fingerprint density at radius 3 is 2.93 bits per heavy atom. The maximum absolute atomic E-state index is 14.1. The second kappa shape index (κ2) is 7.88. The first-order valence-corrected chi connectivity index (χ1v) is 9.39. The van der Waals surface area contributed by atoms with Gasteiger partial charge in [-0.2, -0.15) is 5.10 Å². The number of hydrogen-bond donors (Lipinski definition) is 1. The van der Waals surface area contributed by atoms with E-state index in [4.69, 9.17) is 0 Å². The molecule has 0 saturated carbocycles. The fraction of sp³-hybridized carbons (Fsp3) is 0.333. The number of piperidine rings is 1. The number of hydrogen-bond acceptors (Lipinski definition) is 4. The third-order valence-corrected chi connectivity index (χ3v) is 5.04. The highest BCUT2D eigenvalue weighted by molar-refractivity contribution is 5.48. The molecule has 1 aliphatic rings. The van der Waals surface area contributed by atoms with Crippen molar-refractivity contribution in [1.82, 2.24) is 20.1 Å². The Kier molecular flexibility index (Phi) is 5.16. The van der Waals surface area contributed by atoms with Crippen LogP contribution in [0.25, 0.3) is 5.82 Å². The largest absolute Gasteiger partial charge is 0.368 e. The summed E-state index contributed by atoms with van der Waals surface area (Å²) in [6.07, 6.45) is 7.70. The van der Waals surface area contributed by atoms with Crippen molar-refractivity contribution in [2.45, 2.75) is 32.4 Å². The minimum atomic E-state index is -0.146. The molecule has 1 aliphatic heterocycles. The number of aromatic nitrogens is 3. The molecule has 1 N–H and O–H groups in total. The number of benzene rings is 1. The molecule has 27 heavy (non-hydrogen) atoms. The zero-order valence-corrected chi connectivity index (χ0v) is 15.5. The summed E-state index contributed by atoms with van der Waals surface area (Å²) in [7, 11) is 0. The monoisotopic (exact) mass is 365 g/mol. The van der Waals surface area contributed by atoms with Crippen LogP contribution < -0.4 is 10.2 Å². The molecule has 2 aromatic heterocycles. The second-order valence-electron chi connectivity index (χ2n) is 7.05. The molecule has 5 nitrogen and oxygen atoms in total. The van der Waals surface area contributed by atoms with Gasteiger partial charge < -0.3 is 10.2 Å². The topological polar surface area (TPSA) is 46.0 Å². The van der Waals surface area contributed by atoms with Crippen LogP contribution in [0.3, 0.4) is 0 Å². The van der Waals surface area contributed by atoms with Gasteiger partial charge in [0.2, 0.25) is 0 Å². The lowest BCUT2D eigenvalue weighted by Crippen LogP contribution is -2.45. The zero-order valence-electron chi connectivity index (χ0n) is 15.5. The number of rotatable bonds is 5. The first kappa shape index (κ1) is 17.7. The molecular weight excluding hydrogens is 341 g/mol. The number of anilines is 1. The molecule has 6 heteroatoms. The van der Waals surface area contributed by atoms with Gasteiger partial charge in [0.05, 0.1) is 5.69 Å². The normalized spacial score (nSPS) is 17.3. The van der Waals surface area contributed by atoms with Crippen LogP contribution in [0.4, 0.5) is 10.1 Å². The number of aryl methyl sites for hydroxylation is 1. The SMILES string of the molecule is Cc1cc(CNC2CCCN(c3ccccc3F)C2)cnc1-n1cccn1. The van der Waals surface area contributed by atoms with Crippen molar-refractivity contribution in [2.24, 2.45) is 0 Å². The predicted molar refractivity (Wildman–Crippen MR) is 105 cm³/mol. The van der Waals surface area contributed by atoms with Crippen molar-refractivity contribution in [1.29, 1.82) is 0 Å². The average molecular weight is 365 g/mol. The van der Waals surface area contributed by atoms with Gasteiger partial charge in [0.15, 0.2) is 5.82 Å². The van der Waals surface area contributed by atoms with Crippen molar-refractivity contribution >= 4 is 5.69 Å². The molecule has 0 aliphatic carbocycles. The Balaban J connectivity index is 1.38. The first-order valence-electron chi connectivity index (χ1n) is 9.39. The van der Waals surface area contributed by atoms with E-state index < -0.39 is 0 Å². The van der Waals surface area contributed by atoms with Gasteiger partial charge in [-0.3, -0.25) is 0 Å². The van der Waals surface area contributed by atoms with Gasteiger partial charge in [0.25, 0.3) is 0 Å². The standard InChI is InChI=1S/C21H24FN5/c1-16-12-17(14-24-21(16)27-11-5-9-25-27)13-23-18-6-4-10-26(15-18)20-8-3-2-7-19(20)22/h2-3,5,7-9,11-12,14,18,23H,4,6,10,13,15H2,1H3. The van der Waals surface area contributed by atoms with E-state index in [0.29, 0.717) is 11.7 Å². The Hall–Kier alpha value is -2.73. The molecule has 1 saturated heterocycles. The fourth-order valence-corrected chi connectivity index (χ4v) is 3.69. The molecule has 4 rings (SSSR count). The maximum Gasteiger partial charge on any atom is 0.156 e. The van der Waals surface area contributed by atoms with Crippen LogP contribution in [0.15, 0.2) is 55.0 Å². The van der Waals surface area contributed by atoms with Crippen LogP contribution in [0.1, 0.15) is 24.0 Å². The van der Waals surface area contributed by atoms with Crippen LogP contribution in [-0.2, 0) is 6.54 Å². The Morgan fingerprint density at radius 1 is 1.26 bits per heavy atom. The first-order chi connectivity index (χ1) is 13.2. The van der Waals surface area contributed by atoms with Crippen LogP contribution in [0.5, 0.6) is 0 Å². The van der Waals surface area contributed by atoms with Crippen LogP contribution >= 0.6 is 0 Å². The summed E-state index contributed by atoms with van der Waals surface area (Å²) in [6.45, 7) is 4.52. The highest BCUT2D eigenvalue weighted by Gasteiger charge is 2.21. The summed E-state index contributed by atoms with van der Waals surface area (Å²) in [4.78, 5) is 6.70. The minimum Gasteiger partial charge on any atom is -0.368 e. The Morgan fingerprint density at radius 2 is 2.15 bits per heavy atom. The molecule has 0 radical (unpaired) electrons. The van der Waals surface area contributed by atoms with E-state index in [9.17, 15) is 4.39 Å². The molecule has 1 atom stereocenters. The highest BCUT2D eigenvalue weighted by Crippen LogP contribution is 2.23. The van der Waals surface area contributed by atoms with Gasteiger partial charge in [-0.05, 0) is 55.2 Å². The van der Waals surface area contributed by atoms with Crippen molar-refractivity contribution in [2.75, 3.05) is 18.0 Å². The number of pyridine rings is 1. The Labute approximate surface area is 158 Å². The van der Waals surface area contributed by atoms with Gasteiger partial charge in [0, 0.05) is 44.3 Å². The summed E-state index contributed by atoms with van der Waals surface area (Å²) in [5.41, 5.74) is 2.94. The third kappa shape index (κ3) is 4.01. The van der Waals surface area contributed by atoms with E-state index in [0.717, 1.165) is 49.4 Å². The van der Waals surface area contributed by atoms with Crippen LogP contribution in [0.2, 0.25) is 0 Å². The molecule has 0 bridgehead atoms. The third-order valence-electron chi connectivity index (χ3n) is 5.04. The second-order valence-corrected chi connectivity index (χ2v) is 7.05. The lowest BCUT2D eigenvalue weighted by molar-refractivity contribution is 0.418. The van der Waals surface area contributed by atoms with Crippen molar-refractivity contribution in [3.8, 4) is 5.82 Å². The number of nitrogens with zero attached hydrogens (tertiary/aromatic N) is 4. The molecule has 140 valence electrons. The highest BCUT2D eigenvalue weighted by atomic mass is 19.1. The van der Waals surface area contributed by atoms with E-state index in [1.165, 1.54) is 6.07 Å². The summed E-state index contributed by atoms with van der Waals surface area (Å²) >= 11 is 0. The van der Waals surface area contributed by atoms with E-state index in [1.807, 2.05) is 37.5 Å². The lowest BCUT2D eigenvalue weighted by atomic mass is 10.0. The summed E-state index contributed by atoms with van der Waals surface area (Å²) in [5.74, 6) is 0.708. The summed E-state index contributed by atoms with van der Waals surface area (Å²) < 4.78 is 15.9. The van der Waals surface area contributed by atoms with Gasteiger partial charge in [-0.1, -0.05) is 12.1 Å². The average Bonchev–Trinajstić information content (AvgIpc) is 3.21. The number of nitrogens with one attached hydrogen (secondary N) is 1. The summed E-state index contributed by atoms with van der Waals surface area (Å²) in [6, 6.07) is 11.4. The van der Waals surface area contributed by atoms with E-state index in [1.54, 1.807) is 16.9 Å². The van der Waals surface area contributed by atoms with Gasteiger partial charge in [-0.15, -0.1) is 0 Å². The lowest BCUT2D eigenvalue weighted by Gasteiger charge is -2.35. The zero-order chi connectivity index (χ0) is 18.6. The number of para-hydroxylation sites is 1. The quantitative estimate of drug-likeness (QED) is 0.752. The van der Waals surface area contributed by atoms with Crippen molar-refractivity contribution in [3.05, 3.63) is 71.9 Å². The molecular formula is C21H24FN5. The summed E-state index contributed by atoms with van der Waals surface area (Å²) in [5, 5.41) is 7.86. The molecule has 3 heterocycles. The van der Waals surface area contributed by atoms with E-state index in [2.05, 4.69) is 26.4 Å². The molecule has 1 unspecified atom stereocenters. The van der Waals surface area contributed by atoms with Crippen LogP contribution in [-0.4, -0.2) is 33.9 Å². The van der Waals surface area contributed by atoms with E-state index >= 15 is 0 Å². The van der Waals surface area contributed by atoms with E-state index in [-0.39, 0.29) is 5.82 Å². The van der Waals surface area contributed by atoms with Crippen molar-refractivity contribution in [3.63, 3.8) is 0 Å². The number of halogens is 1. The minimum absolute atomic E-state index is 0.146. The molecule has 0 spiro atoms. The molecule has 1 aromatic carbocycles. The molecule has 0 amide bonds. The van der Waals surface area contributed by atoms with Crippen LogP contribution in [0, 0.1) is 12.7 Å². The van der Waals surface area contributed by atoms with Gasteiger partial charge >= 0.3 is 0 Å². The maximum atomic E-state index is 14.1. The fourth-order valence-electron chi connectivity index (χ4n) is 3.69. The molecule has 1 fully saturated rings. The van der Waals surface area contributed by atoms with Gasteiger partial charge in [-0.25, -0.2) is 14.1 Å². The Bertz CT molecular complexity index is 893.